The highest BCUT2D eigenvalue weighted by atomic mass is 32.1. The van der Waals surface area contributed by atoms with Crippen molar-refractivity contribution in [3.05, 3.63) is 28.3 Å². The maximum Gasteiger partial charge on any atom is 0.267 e. The van der Waals surface area contributed by atoms with E-state index in [9.17, 15) is 9.90 Å². The van der Waals surface area contributed by atoms with Crippen LogP contribution >= 0.6 is 11.3 Å². The highest BCUT2D eigenvalue weighted by Crippen LogP contribution is 2.22. The second-order valence-electron chi connectivity index (χ2n) is 5.22. The number of aliphatic hydroxyl groups is 1. The number of thiazole rings is 1. The van der Waals surface area contributed by atoms with Gasteiger partial charge in [-0.2, -0.15) is 0 Å². The summed E-state index contributed by atoms with van der Waals surface area (Å²) in [5, 5.41) is 15.6. The molecule has 5 nitrogen and oxygen atoms in total. The van der Waals surface area contributed by atoms with E-state index in [1.807, 2.05) is 26.2 Å². The summed E-state index contributed by atoms with van der Waals surface area (Å²) >= 11 is 1.58. The van der Waals surface area contributed by atoms with Crippen LogP contribution < -0.4 is 5.32 Å². The van der Waals surface area contributed by atoms with Gasteiger partial charge in [0.05, 0.1) is 16.8 Å². The molecule has 0 spiro atoms. The van der Waals surface area contributed by atoms with Gasteiger partial charge in [-0.3, -0.25) is 4.79 Å². The predicted octanol–water partition coefficient (Wildman–Crippen LogP) is 2.58. The van der Waals surface area contributed by atoms with Crippen molar-refractivity contribution in [2.45, 2.75) is 33.3 Å². The SMILES string of the molecule is CCC(C)C(O)CNC(=O)c1cc(-c2csc(C)n2)c[nH]1. The molecule has 3 N–H and O–H groups in total. The largest absolute Gasteiger partial charge is 0.391 e. The van der Waals surface area contributed by atoms with E-state index in [2.05, 4.69) is 15.3 Å². The van der Waals surface area contributed by atoms with Gasteiger partial charge in [0.1, 0.15) is 5.69 Å². The lowest BCUT2D eigenvalue weighted by molar-refractivity contribution is 0.0846. The second-order valence-corrected chi connectivity index (χ2v) is 6.28. The Morgan fingerprint density at radius 1 is 1.57 bits per heavy atom. The molecule has 0 bridgehead atoms. The predicted molar refractivity (Wildman–Crippen MR) is 84.4 cm³/mol. The van der Waals surface area contributed by atoms with Gasteiger partial charge in [-0.25, -0.2) is 4.98 Å². The molecule has 2 unspecified atom stereocenters. The molecule has 114 valence electrons. The van der Waals surface area contributed by atoms with Crippen LogP contribution in [0.3, 0.4) is 0 Å². The molecule has 2 heterocycles. The first-order valence-corrected chi connectivity index (χ1v) is 7.96. The van der Waals surface area contributed by atoms with E-state index in [1.54, 1.807) is 23.6 Å². The summed E-state index contributed by atoms with van der Waals surface area (Å²) in [5.41, 5.74) is 2.24. The number of nitrogens with one attached hydrogen (secondary N) is 2. The molecule has 0 aliphatic heterocycles. The van der Waals surface area contributed by atoms with E-state index in [0.29, 0.717) is 5.69 Å². The third kappa shape index (κ3) is 3.92. The summed E-state index contributed by atoms with van der Waals surface area (Å²) in [4.78, 5) is 19.4. The average molecular weight is 307 g/mol. The number of H-pyrrole nitrogens is 1. The lowest BCUT2D eigenvalue weighted by Gasteiger charge is -2.17. The molecule has 2 rings (SSSR count). The Bertz CT molecular complexity index is 606. The highest BCUT2D eigenvalue weighted by molar-refractivity contribution is 7.09. The number of nitrogens with zero attached hydrogens (tertiary/aromatic N) is 1. The summed E-state index contributed by atoms with van der Waals surface area (Å²) < 4.78 is 0. The van der Waals surface area contributed by atoms with Crippen LogP contribution in [-0.2, 0) is 0 Å². The number of aryl methyl sites for hydroxylation is 1. The number of carbonyl (C=O) groups is 1. The fourth-order valence-corrected chi connectivity index (χ4v) is 2.56. The number of rotatable bonds is 6. The van der Waals surface area contributed by atoms with Crippen molar-refractivity contribution in [2.24, 2.45) is 5.92 Å². The van der Waals surface area contributed by atoms with Crippen LogP contribution in [0.1, 0.15) is 35.8 Å². The van der Waals surface area contributed by atoms with E-state index >= 15 is 0 Å². The molecule has 6 heteroatoms. The van der Waals surface area contributed by atoms with Gasteiger partial charge in [-0.05, 0) is 18.9 Å². The van der Waals surface area contributed by atoms with Gasteiger partial charge < -0.3 is 15.4 Å². The van der Waals surface area contributed by atoms with Crippen LogP contribution in [0.4, 0.5) is 0 Å². The Hall–Kier alpha value is -1.66. The molecule has 0 radical (unpaired) electrons. The number of hydrogen-bond donors (Lipinski definition) is 3. The average Bonchev–Trinajstić information content (AvgIpc) is 3.11. The summed E-state index contributed by atoms with van der Waals surface area (Å²) in [6.07, 6.45) is 2.14. The van der Waals surface area contributed by atoms with E-state index in [1.165, 1.54) is 0 Å². The highest BCUT2D eigenvalue weighted by Gasteiger charge is 2.15. The van der Waals surface area contributed by atoms with Crippen molar-refractivity contribution in [2.75, 3.05) is 6.54 Å². The van der Waals surface area contributed by atoms with E-state index in [4.69, 9.17) is 0 Å². The zero-order valence-electron chi connectivity index (χ0n) is 12.5. The number of amides is 1. The van der Waals surface area contributed by atoms with Crippen LogP contribution in [0, 0.1) is 12.8 Å². The Kier molecular flexibility index (Phi) is 5.14. The topological polar surface area (TPSA) is 78.0 Å². The lowest BCUT2D eigenvalue weighted by Crippen LogP contribution is -2.35. The Labute approximate surface area is 128 Å². The Balaban J connectivity index is 1.96. The molecule has 2 aromatic heterocycles. The monoisotopic (exact) mass is 307 g/mol. The van der Waals surface area contributed by atoms with Crippen molar-refractivity contribution >= 4 is 17.2 Å². The molecule has 1 amide bonds. The molecule has 0 aliphatic carbocycles. The second kappa shape index (κ2) is 6.87. The van der Waals surface area contributed by atoms with Gasteiger partial charge in [-0.1, -0.05) is 20.3 Å². The first-order valence-electron chi connectivity index (χ1n) is 7.08. The van der Waals surface area contributed by atoms with Crippen LogP contribution in [-0.4, -0.2) is 33.6 Å². The van der Waals surface area contributed by atoms with Gasteiger partial charge in [0, 0.05) is 23.7 Å². The van der Waals surface area contributed by atoms with Crippen LogP contribution in [0.15, 0.2) is 17.6 Å². The number of hydrogen-bond acceptors (Lipinski definition) is 4. The maximum absolute atomic E-state index is 12.0. The summed E-state index contributed by atoms with van der Waals surface area (Å²) in [6.45, 7) is 6.19. The van der Waals surface area contributed by atoms with Crippen molar-refractivity contribution < 1.29 is 9.90 Å². The summed E-state index contributed by atoms with van der Waals surface area (Å²) in [5.74, 6) is -0.0435. The fraction of sp³-hybridized carbons (Fsp3) is 0.467. The van der Waals surface area contributed by atoms with Gasteiger partial charge in [0.25, 0.3) is 5.91 Å². The maximum atomic E-state index is 12.0. The van der Waals surface area contributed by atoms with Gasteiger partial charge in [0.2, 0.25) is 0 Å². The first kappa shape index (κ1) is 15.7. The molecular formula is C15H21N3O2S. The molecular weight excluding hydrogens is 286 g/mol. The summed E-state index contributed by atoms with van der Waals surface area (Å²) in [7, 11) is 0. The minimum absolute atomic E-state index is 0.169. The number of carbonyl (C=O) groups excluding carboxylic acids is 1. The quantitative estimate of drug-likeness (QED) is 0.767. The van der Waals surface area contributed by atoms with Gasteiger partial charge in [0.15, 0.2) is 0 Å². The van der Waals surface area contributed by atoms with E-state index in [0.717, 1.165) is 22.7 Å². The third-order valence-corrected chi connectivity index (χ3v) is 4.39. The molecule has 0 saturated heterocycles. The first-order chi connectivity index (χ1) is 10.0. The summed E-state index contributed by atoms with van der Waals surface area (Å²) in [6, 6.07) is 1.78. The van der Waals surface area contributed by atoms with Crippen LogP contribution in [0.5, 0.6) is 0 Å². The molecule has 0 fully saturated rings. The minimum Gasteiger partial charge on any atom is -0.391 e. The van der Waals surface area contributed by atoms with Crippen molar-refractivity contribution in [3.8, 4) is 11.3 Å². The van der Waals surface area contributed by atoms with E-state index in [-0.39, 0.29) is 18.4 Å². The molecule has 2 atom stereocenters. The van der Waals surface area contributed by atoms with Gasteiger partial charge in [-0.15, -0.1) is 11.3 Å². The number of aromatic amines is 1. The van der Waals surface area contributed by atoms with Gasteiger partial charge >= 0.3 is 0 Å². The van der Waals surface area contributed by atoms with Crippen molar-refractivity contribution in [3.63, 3.8) is 0 Å². The number of aromatic nitrogens is 2. The van der Waals surface area contributed by atoms with Crippen LogP contribution in [0.25, 0.3) is 11.3 Å². The Morgan fingerprint density at radius 3 is 2.95 bits per heavy atom. The normalized spacial score (nSPS) is 13.9. The third-order valence-electron chi connectivity index (χ3n) is 3.61. The zero-order valence-corrected chi connectivity index (χ0v) is 13.3. The molecule has 2 aromatic rings. The zero-order chi connectivity index (χ0) is 15.4. The fourth-order valence-electron chi connectivity index (χ4n) is 1.94. The molecule has 21 heavy (non-hydrogen) atoms. The number of aliphatic hydroxyl groups excluding tert-OH is 1. The minimum atomic E-state index is -0.519. The Morgan fingerprint density at radius 2 is 2.33 bits per heavy atom. The molecule has 0 aliphatic rings. The smallest absolute Gasteiger partial charge is 0.267 e. The van der Waals surface area contributed by atoms with Crippen molar-refractivity contribution in [1.82, 2.24) is 15.3 Å². The van der Waals surface area contributed by atoms with E-state index < -0.39 is 6.10 Å². The molecule has 0 saturated carbocycles. The molecule has 0 aromatic carbocycles. The van der Waals surface area contributed by atoms with Crippen LogP contribution in [0.2, 0.25) is 0 Å². The lowest BCUT2D eigenvalue weighted by atomic mass is 10.0. The standard InChI is InChI=1S/C15H21N3O2S/c1-4-9(2)14(19)7-17-15(20)12-5-11(6-16-12)13-8-21-10(3)18-13/h5-6,8-9,14,16,19H,4,7H2,1-3H3,(H,17,20). The van der Waals surface area contributed by atoms with Crippen molar-refractivity contribution in [1.29, 1.82) is 0 Å².